The van der Waals surface area contributed by atoms with Crippen molar-refractivity contribution in [2.75, 3.05) is 16.5 Å². The van der Waals surface area contributed by atoms with Crippen LogP contribution in [0.2, 0.25) is 0 Å². The third-order valence-electron chi connectivity index (χ3n) is 6.87. The summed E-state index contributed by atoms with van der Waals surface area (Å²) in [6, 6.07) is 24.9. The molecule has 1 atom stereocenters. The summed E-state index contributed by atoms with van der Waals surface area (Å²) in [5, 5.41) is 11.1. The molecule has 0 amide bonds. The number of phenolic OH excluding ortho intramolecular Hbond substituents is 1. The van der Waals surface area contributed by atoms with E-state index in [9.17, 15) is 7.85 Å². The zero-order chi connectivity index (χ0) is 36.4. The molecular weight excluding hydrogens is 480 g/mol. The van der Waals surface area contributed by atoms with Gasteiger partial charge in [0.25, 0.3) is 0 Å². The van der Waals surface area contributed by atoms with Crippen LogP contribution in [-0.4, -0.2) is 21.3 Å². The maximum Gasteiger partial charge on any atom is 0.149 e. The van der Waals surface area contributed by atoms with Gasteiger partial charge in [0, 0.05) is 33.2 Å². The predicted octanol–water partition coefficient (Wildman–Crippen LogP) is 8.40. The van der Waals surface area contributed by atoms with E-state index in [1.165, 1.54) is 28.8 Å². The molecule has 5 heteroatoms. The van der Waals surface area contributed by atoms with E-state index in [0.29, 0.717) is 23.4 Å². The monoisotopic (exact) mass is 525 g/mol. The van der Waals surface area contributed by atoms with Crippen molar-refractivity contribution >= 4 is 22.4 Å². The van der Waals surface area contributed by atoms with Gasteiger partial charge in [0.1, 0.15) is 17.1 Å². The number of hydrogen-bond acceptors (Lipinski definition) is 4. The summed E-state index contributed by atoms with van der Waals surface area (Å²) in [5.41, 5.74) is 1.25. The molecule has 5 nitrogen and oxygen atoms in total. The molecule has 39 heavy (non-hydrogen) atoms. The number of hydrogen-bond donors (Lipinski definition) is 1. The number of nitrogens with zero attached hydrogens (tertiary/aromatic N) is 4. The molecule has 4 aromatic carbocycles. The van der Waals surface area contributed by atoms with Crippen molar-refractivity contribution < 1.29 is 20.2 Å². The average Bonchev–Trinajstić information content (AvgIpc) is 3.69. The van der Waals surface area contributed by atoms with Crippen LogP contribution in [0.4, 0.5) is 11.4 Å². The molecule has 1 unspecified atom stereocenters. The van der Waals surface area contributed by atoms with Gasteiger partial charge in [-0.3, -0.25) is 4.57 Å². The number of phenols is 1. The van der Waals surface area contributed by atoms with E-state index in [2.05, 4.69) is 0 Å². The summed E-state index contributed by atoms with van der Waals surface area (Å²) in [7, 11) is 0. The molecule has 196 valence electrons. The molecule has 5 aromatic rings. The van der Waals surface area contributed by atoms with Gasteiger partial charge in [-0.2, -0.15) is 0 Å². The number of benzene rings is 4. The first-order valence-corrected chi connectivity index (χ1v) is 12.5. The van der Waals surface area contributed by atoms with Gasteiger partial charge >= 0.3 is 0 Å². The first kappa shape index (κ1) is 15.2. The minimum absolute atomic E-state index is 0.0158. The van der Waals surface area contributed by atoms with E-state index in [-0.39, 0.29) is 28.4 Å². The van der Waals surface area contributed by atoms with Gasteiger partial charge in [-0.1, -0.05) is 82.1 Å². The lowest BCUT2D eigenvalue weighted by atomic mass is 9.92. The second-order valence-electron chi connectivity index (χ2n) is 9.35. The topological polar surface area (TPSA) is 44.5 Å². The van der Waals surface area contributed by atoms with E-state index in [4.69, 9.17) is 17.3 Å². The van der Waals surface area contributed by atoms with Crippen molar-refractivity contribution in [1.82, 2.24) is 9.55 Å². The summed E-state index contributed by atoms with van der Waals surface area (Å²) in [4.78, 5) is 8.89. The Morgan fingerprint density at radius 1 is 0.795 bits per heavy atom. The van der Waals surface area contributed by atoms with E-state index < -0.39 is 37.9 Å². The lowest BCUT2D eigenvalue weighted by Crippen LogP contribution is -2.24. The maximum absolute atomic E-state index is 11.1. The standard InChI is InChI=1S/C34H34N4O/c1-23(2)26-15-10-16-27(24(3)4)33(26)38-30-18-11-17-29(32(30)35-34(38)28-14-8-9-19-31(28)39)37-21-20-36(22-37)25-12-6-5-7-13-25/h5-21,23-24,39H,22H2,1-4H3/i1D3,2D3,3D3,23D,24D. The van der Waals surface area contributed by atoms with Crippen molar-refractivity contribution in [3.63, 3.8) is 0 Å². The highest BCUT2D eigenvalue weighted by Gasteiger charge is 2.26. The number of imidazole rings is 1. The summed E-state index contributed by atoms with van der Waals surface area (Å²) >= 11 is 0. The van der Waals surface area contributed by atoms with Crippen molar-refractivity contribution in [2.24, 2.45) is 0 Å². The van der Waals surface area contributed by atoms with Crippen molar-refractivity contribution in [3.05, 3.63) is 115 Å². The summed E-state index contributed by atoms with van der Waals surface area (Å²) in [6.45, 7) is -8.34. The Balaban J connectivity index is 1.74. The molecule has 1 aliphatic rings. The Labute approximate surface area is 245 Å². The Kier molecular flexibility index (Phi) is 3.89. The van der Waals surface area contributed by atoms with Crippen LogP contribution in [0.15, 0.2) is 103 Å². The largest absolute Gasteiger partial charge is 0.507 e. The van der Waals surface area contributed by atoms with Crippen molar-refractivity contribution in [2.45, 2.75) is 39.3 Å². The Hall–Kier alpha value is -4.51. The Morgan fingerprint density at radius 3 is 2.26 bits per heavy atom. The normalized spacial score (nSPS) is 20.3. The van der Waals surface area contributed by atoms with Gasteiger partial charge < -0.3 is 14.9 Å². The maximum atomic E-state index is 11.1. The fourth-order valence-electron chi connectivity index (χ4n) is 5.04. The minimum atomic E-state index is -3.44. The Morgan fingerprint density at radius 2 is 1.49 bits per heavy atom. The van der Waals surface area contributed by atoms with Crippen LogP contribution in [0.3, 0.4) is 0 Å². The number of para-hydroxylation sites is 4. The van der Waals surface area contributed by atoms with Crippen LogP contribution in [0.25, 0.3) is 28.1 Å². The molecule has 0 bridgehead atoms. The minimum Gasteiger partial charge on any atom is -0.507 e. The number of aromatic nitrogens is 2. The van der Waals surface area contributed by atoms with Gasteiger partial charge in [0.15, 0.2) is 0 Å². The molecule has 0 fully saturated rings. The van der Waals surface area contributed by atoms with Crippen molar-refractivity contribution in [1.29, 1.82) is 0 Å². The first-order chi connectivity index (χ1) is 23.3. The van der Waals surface area contributed by atoms with Crippen LogP contribution >= 0.6 is 0 Å². The lowest BCUT2D eigenvalue weighted by molar-refractivity contribution is 0.477. The van der Waals surface area contributed by atoms with Gasteiger partial charge in [0.05, 0.1) is 29.1 Å². The molecule has 0 spiro atoms. The quantitative estimate of drug-likeness (QED) is 0.242. The van der Waals surface area contributed by atoms with Gasteiger partial charge in [0.2, 0.25) is 0 Å². The third-order valence-corrected chi connectivity index (χ3v) is 6.87. The summed E-state index contributed by atoms with van der Waals surface area (Å²) < 4.78 is 94.8. The molecule has 0 aliphatic carbocycles. The molecular formula is C34H34N4O. The van der Waals surface area contributed by atoms with Crippen LogP contribution < -0.4 is 9.80 Å². The molecule has 6 rings (SSSR count). The second-order valence-corrected chi connectivity index (χ2v) is 9.35. The smallest absolute Gasteiger partial charge is 0.149 e. The molecule has 0 saturated carbocycles. The van der Waals surface area contributed by atoms with E-state index in [1.54, 1.807) is 30.3 Å². The first-order valence-electron chi connectivity index (χ1n) is 18.0. The zero-order valence-corrected chi connectivity index (χ0v) is 21.3. The number of fused-ring (bicyclic) bond motifs is 1. The molecule has 1 aliphatic heterocycles. The summed E-state index contributed by atoms with van der Waals surface area (Å²) in [5.74, 6) is -5.91. The zero-order valence-electron chi connectivity index (χ0n) is 32.3. The number of anilines is 2. The van der Waals surface area contributed by atoms with Crippen LogP contribution in [0, 0.1) is 0 Å². The second kappa shape index (κ2) is 9.99. The van der Waals surface area contributed by atoms with E-state index >= 15 is 0 Å². The highest BCUT2D eigenvalue weighted by atomic mass is 16.3. The summed E-state index contributed by atoms with van der Waals surface area (Å²) in [6.07, 6.45) is 3.75. The van der Waals surface area contributed by atoms with Crippen molar-refractivity contribution in [3.8, 4) is 22.8 Å². The third kappa shape index (κ3) is 4.34. The molecule has 1 aromatic heterocycles. The average molecular weight is 526 g/mol. The molecule has 1 N–H and O–H groups in total. The van der Waals surface area contributed by atoms with Crippen LogP contribution in [0.5, 0.6) is 5.75 Å². The molecule has 0 saturated heterocycles. The molecule has 0 radical (unpaired) electrons. The lowest BCUT2D eigenvalue weighted by Gasteiger charge is -2.23. The Bertz CT molecular complexity index is 2070. The molecule has 2 heterocycles. The van der Waals surface area contributed by atoms with Crippen LogP contribution in [-0.2, 0) is 0 Å². The predicted molar refractivity (Wildman–Crippen MR) is 162 cm³/mol. The fourth-order valence-corrected chi connectivity index (χ4v) is 5.04. The number of rotatable bonds is 6. The van der Waals surface area contributed by atoms with Gasteiger partial charge in [-0.15, -0.1) is 0 Å². The number of aromatic hydroxyl groups is 1. The SMILES string of the molecule is [2H]C([2H])([2H])C([2H])(C)c1cccc(C([2H])(C([2H])([2H])[2H])C([2H])([2H])[2H])c1-n1c(-c2ccccc2O)nc2c(N3C=CN(c4ccccc4)C3)cccc21. The highest BCUT2D eigenvalue weighted by Crippen LogP contribution is 2.41. The fraction of sp³-hybridized carbons (Fsp3) is 0.206. The highest BCUT2D eigenvalue weighted by molar-refractivity contribution is 5.95. The van der Waals surface area contributed by atoms with Crippen LogP contribution in [0.1, 0.15) is 65.5 Å². The van der Waals surface area contributed by atoms with Gasteiger partial charge in [-0.25, -0.2) is 4.98 Å². The van der Waals surface area contributed by atoms with E-state index in [0.717, 1.165) is 12.6 Å². The van der Waals surface area contributed by atoms with Gasteiger partial charge in [-0.05, 0) is 59.3 Å². The van der Waals surface area contributed by atoms with E-state index in [1.807, 2.05) is 58.6 Å².